The van der Waals surface area contributed by atoms with Crippen LogP contribution in [0.5, 0.6) is 0 Å². The van der Waals surface area contributed by atoms with E-state index < -0.39 is 0 Å². The molecule has 4 heterocycles. The van der Waals surface area contributed by atoms with Crippen LogP contribution in [-0.2, 0) is 0 Å². The lowest BCUT2D eigenvalue weighted by atomic mass is 10.0. The van der Waals surface area contributed by atoms with Gasteiger partial charge in [-0.1, -0.05) is 35.0 Å². The number of rotatable bonds is 4. The van der Waals surface area contributed by atoms with Crippen molar-refractivity contribution < 1.29 is 9.32 Å². The highest BCUT2D eigenvalue weighted by Gasteiger charge is 2.29. The summed E-state index contributed by atoms with van der Waals surface area (Å²) in [5.74, 6) is 1.94. The molecule has 0 unspecified atom stereocenters. The number of piperazine rings is 1. The van der Waals surface area contributed by atoms with Crippen molar-refractivity contribution >= 4 is 23.3 Å². The Kier molecular flexibility index (Phi) is 5.36. The molecule has 3 aromatic heterocycles. The normalized spacial score (nSPS) is 14.1. The van der Waals surface area contributed by atoms with E-state index in [1.807, 2.05) is 64.3 Å². The molecule has 1 aromatic carbocycles. The summed E-state index contributed by atoms with van der Waals surface area (Å²) in [6.45, 7) is 4.20. The van der Waals surface area contributed by atoms with E-state index in [-0.39, 0.29) is 5.91 Å². The quantitative estimate of drug-likeness (QED) is 0.471. The fourth-order valence-electron chi connectivity index (χ4n) is 3.87. The number of carbonyl (C=O) groups excluding carboxylic acids is 1. The minimum atomic E-state index is -0.104. The number of hydrogen-bond acceptors (Lipinski definition) is 6. The fourth-order valence-corrected chi connectivity index (χ4v) is 4.09. The summed E-state index contributed by atoms with van der Waals surface area (Å²) in [5, 5.41) is 13.3. The van der Waals surface area contributed by atoms with E-state index >= 15 is 0 Å². The molecule has 0 aliphatic carbocycles. The first kappa shape index (κ1) is 20.3. The molecule has 1 amide bonds. The van der Waals surface area contributed by atoms with Crippen LogP contribution in [0.3, 0.4) is 0 Å². The van der Waals surface area contributed by atoms with Gasteiger partial charge in [-0.15, -0.1) is 10.2 Å². The number of amides is 1. The maximum Gasteiger partial charge on any atom is 0.259 e. The van der Waals surface area contributed by atoms with Gasteiger partial charge in [0.1, 0.15) is 17.0 Å². The van der Waals surface area contributed by atoms with Crippen molar-refractivity contribution in [3.05, 3.63) is 77.3 Å². The minimum absolute atomic E-state index is 0.104. The van der Waals surface area contributed by atoms with Crippen LogP contribution < -0.4 is 4.90 Å². The highest BCUT2D eigenvalue weighted by molar-refractivity contribution is 6.33. The van der Waals surface area contributed by atoms with Gasteiger partial charge in [0, 0.05) is 44.1 Å². The second kappa shape index (κ2) is 8.47. The average molecular weight is 449 g/mol. The van der Waals surface area contributed by atoms with Crippen molar-refractivity contribution in [2.24, 2.45) is 0 Å². The van der Waals surface area contributed by atoms with E-state index in [4.69, 9.17) is 16.1 Å². The SMILES string of the molecule is Cc1onc(-c2ccccc2Cl)c1C(=O)N1CCN(c2ccc(-n3cccc3)nn2)CC1. The van der Waals surface area contributed by atoms with E-state index in [0.717, 1.165) is 11.6 Å². The molecule has 8 nitrogen and oxygen atoms in total. The molecule has 0 N–H and O–H groups in total. The van der Waals surface area contributed by atoms with E-state index in [1.54, 1.807) is 13.0 Å². The molecule has 32 heavy (non-hydrogen) atoms. The summed E-state index contributed by atoms with van der Waals surface area (Å²) in [7, 11) is 0. The lowest BCUT2D eigenvalue weighted by molar-refractivity contribution is 0.0745. The molecule has 0 bridgehead atoms. The van der Waals surface area contributed by atoms with Gasteiger partial charge in [-0.25, -0.2) is 0 Å². The molecule has 0 spiro atoms. The molecule has 4 aromatic rings. The third-order valence-corrected chi connectivity index (χ3v) is 5.93. The Balaban J connectivity index is 1.30. The van der Waals surface area contributed by atoms with Gasteiger partial charge in [0.15, 0.2) is 11.6 Å². The molecule has 1 aliphatic rings. The summed E-state index contributed by atoms with van der Waals surface area (Å²) in [5.41, 5.74) is 1.63. The number of aryl methyl sites for hydroxylation is 1. The first-order valence-electron chi connectivity index (χ1n) is 10.3. The monoisotopic (exact) mass is 448 g/mol. The smallest absolute Gasteiger partial charge is 0.259 e. The first-order valence-corrected chi connectivity index (χ1v) is 10.7. The van der Waals surface area contributed by atoms with Crippen LogP contribution in [0.1, 0.15) is 16.1 Å². The predicted octanol–water partition coefficient (Wildman–Crippen LogP) is 3.85. The van der Waals surface area contributed by atoms with Crippen molar-refractivity contribution in [3.8, 4) is 17.1 Å². The summed E-state index contributed by atoms with van der Waals surface area (Å²) in [6, 6.07) is 15.1. The number of anilines is 1. The number of hydrogen-bond donors (Lipinski definition) is 0. The Hall–Kier alpha value is -3.65. The first-order chi connectivity index (χ1) is 15.6. The standard InChI is InChI=1S/C23H21ClN6O2/c1-16-21(22(27-32-16)17-6-2-3-7-18(17)24)23(31)30-14-12-29(13-15-30)20-9-8-19(25-26-20)28-10-4-5-11-28/h2-11H,12-15H2,1H3. The van der Waals surface area contributed by atoms with Gasteiger partial charge in [-0.3, -0.25) is 4.79 Å². The Morgan fingerprint density at radius 2 is 1.62 bits per heavy atom. The van der Waals surface area contributed by atoms with Crippen molar-refractivity contribution in [2.75, 3.05) is 31.1 Å². The van der Waals surface area contributed by atoms with Gasteiger partial charge < -0.3 is 18.9 Å². The van der Waals surface area contributed by atoms with Gasteiger partial charge in [-0.05, 0) is 37.3 Å². The molecule has 5 rings (SSSR count). The van der Waals surface area contributed by atoms with Crippen LogP contribution in [-0.4, -0.2) is 56.9 Å². The van der Waals surface area contributed by atoms with Gasteiger partial charge in [0.2, 0.25) is 0 Å². The van der Waals surface area contributed by atoms with Crippen LogP contribution in [0.2, 0.25) is 5.02 Å². The van der Waals surface area contributed by atoms with Crippen molar-refractivity contribution in [1.29, 1.82) is 0 Å². The lowest BCUT2D eigenvalue weighted by Crippen LogP contribution is -2.49. The maximum absolute atomic E-state index is 13.3. The molecule has 0 radical (unpaired) electrons. The highest BCUT2D eigenvalue weighted by atomic mass is 35.5. The van der Waals surface area contributed by atoms with E-state index in [1.165, 1.54) is 0 Å². The molecule has 162 valence electrons. The number of nitrogens with zero attached hydrogens (tertiary/aromatic N) is 6. The van der Waals surface area contributed by atoms with Crippen LogP contribution >= 0.6 is 11.6 Å². The van der Waals surface area contributed by atoms with Crippen molar-refractivity contribution in [2.45, 2.75) is 6.92 Å². The Morgan fingerprint density at radius 1 is 0.938 bits per heavy atom. The van der Waals surface area contributed by atoms with Crippen molar-refractivity contribution in [1.82, 2.24) is 24.8 Å². The Bertz CT molecular complexity index is 1230. The molecule has 1 saturated heterocycles. The molecule has 0 saturated carbocycles. The number of aromatic nitrogens is 4. The lowest BCUT2D eigenvalue weighted by Gasteiger charge is -2.35. The number of halogens is 1. The predicted molar refractivity (Wildman–Crippen MR) is 121 cm³/mol. The molecule has 1 fully saturated rings. The molecule has 0 atom stereocenters. The summed E-state index contributed by atoms with van der Waals surface area (Å²) < 4.78 is 7.27. The van der Waals surface area contributed by atoms with Gasteiger partial charge in [0.25, 0.3) is 5.91 Å². The summed E-state index contributed by atoms with van der Waals surface area (Å²) in [4.78, 5) is 17.3. The molecular weight excluding hydrogens is 428 g/mol. The topological polar surface area (TPSA) is 80.3 Å². The summed E-state index contributed by atoms with van der Waals surface area (Å²) >= 11 is 6.33. The van der Waals surface area contributed by atoms with Gasteiger partial charge in [0.05, 0.1) is 5.02 Å². The van der Waals surface area contributed by atoms with E-state index in [0.29, 0.717) is 53.8 Å². The van der Waals surface area contributed by atoms with Crippen LogP contribution in [0.15, 0.2) is 65.4 Å². The van der Waals surface area contributed by atoms with Crippen LogP contribution in [0, 0.1) is 6.92 Å². The largest absolute Gasteiger partial charge is 0.360 e. The zero-order valence-corrected chi connectivity index (χ0v) is 18.2. The minimum Gasteiger partial charge on any atom is -0.360 e. The number of benzene rings is 1. The van der Waals surface area contributed by atoms with Crippen LogP contribution in [0.25, 0.3) is 17.1 Å². The Labute approximate surface area is 190 Å². The Morgan fingerprint density at radius 3 is 2.31 bits per heavy atom. The maximum atomic E-state index is 13.3. The number of carbonyl (C=O) groups is 1. The molecular formula is C23H21ClN6O2. The van der Waals surface area contributed by atoms with Crippen molar-refractivity contribution in [3.63, 3.8) is 0 Å². The van der Waals surface area contributed by atoms with E-state index in [9.17, 15) is 4.79 Å². The average Bonchev–Trinajstić information content (AvgIpc) is 3.49. The van der Waals surface area contributed by atoms with Crippen LogP contribution in [0.4, 0.5) is 5.82 Å². The zero-order valence-electron chi connectivity index (χ0n) is 17.5. The zero-order chi connectivity index (χ0) is 22.1. The second-order valence-electron chi connectivity index (χ2n) is 7.56. The fraction of sp³-hybridized carbons (Fsp3) is 0.217. The van der Waals surface area contributed by atoms with Gasteiger partial charge in [-0.2, -0.15) is 0 Å². The third-order valence-electron chi connectivity index (χ3n) is 5.60. The third kappa shape index (κ3) is 3.73. The van der Waals surface area contributed by atoms with E-state index in [2.05, 4.69) is 20.3 Å². The molecule has 1 aliphatic heterocycles. The second-order valence-corrected chi connectivity index (χ2v) is 7.97. The summed E-state index contributed by atoms with van der Waals surface area (Å²) in [6.07, 6.45) is 3.86. The van der Waals surface area contributed by atoms with Gasteiger partial charge >= 0.3 is 0 Å². The molecule has 9 heteroatoms. The highest BCUT2D eigenvalue weighted by Crippen LogP contribution is 2.32.